The van der Waals surface area contributed by atoms with E-state index in [9.17, 15) is 4.79 Å². The average Bonchev–Trinajstić information content (AvgIpc) is 2.54. The Morgan fingerprint density at radius 2 is 1.86 bits per heavy atom. The highest BCUT2D eigenvalue weighted by Crippen LogP contribution is 2.19. The number of carbonyl (C=O) groups excluding carboxylic acids is 1. The van der Waals surface area contributed by atoms with Gasteiger partial charge in [0, 0.05) is 6.42 Å². The monoisotopic (exact) mass is 290 g/mol. The number of carbonyl (C=O) groups is 1. The highest BCUT2D eigenvalue weighted by atomic mass is 16.5. The van der Waals surface area contributed by atoms with Crippen LogP contribution < -0.4 is 0 Å². The molecule has 0 heterocycles. The van der Waals surface area contributed by atoms with E-state index < -0.39 is 0 Å². The van der Waals surface area contributed by atoms with Gasteiger partial charge in [-0.25, -0.2) is 0 Å². The van der Waals surface area contributed by atoms with Crippen LogP contribution in [-0.4, -0.2) is 12.6 Å². The van der Waals surface area contributed by atoms with Crippen molar-refractivity contribution < 1.29 is 9.53 Å². The molecule has 0 radical (unpaired) electrons. The molecule has 0 saturated heterocycles. The second-order valence-corrected chi connectivity index (χ2v) is 4.80. The van der Waals surface area contributed by atoms with Gasteiger partial charge in [-0.3, -0.25) is 4.79 Å². The molecule has 2 heteroatoms. The van der Waals surface area contributed by atoms with Crippen molar-refractivity contribution in [3.05, 3.63) is 47.5 Å². The summed E-state index contributed by atoms with van der Waals surface area (Å²) in [6.45, 7) is 10.7. The van der Waals surface area contributed by atoms with Gasteiger partial charge in [0.15, 0.2) is 0 Å². The molecule has 1 rings (SSSR count). The molecule has 0 fully saturated rings. The maximum absolute atomic E-state index is 11.8. The minimum Gasteiger partial charge on any atom is -0.465 e. The molecule has 0 aliphatic heterocycles. The third-order valence-electron chi connectivity index (χ3n) is 3.50. The summed E-state index contributed by atoms with van der Waals surface area (Å²) in [6, 6.07) is 10.1. The molecule has 0 N–H and O–H groups in total. The molecule has 0 aliphatic rings. The third-order valence-corrected chi connectivity index (χ3v) is 3.50. The topological polar surface area (TPSA) is 26.3 Å². The zero-order chi connectivity index (χ0) is 16.1. The maximum atomic E-state index is 11.8. The van der Waals surface area contributed by atoms with Crippen LogP contribution in [0.15, 0.2) is 42.0 Å². The highest BCUT2D eigenvalue weighted by Gasteiger charge is 2.14. The molecular formula is C19H30O2. The first-order valence-electron chi connectivity index (χ1n) is 7.99. The molecule has 2 nitrogen and oxygen atoms in total. The van der Waals surface area contributed by atoms with E-state index in [0.29, 0.717) is 18.9 Å². The summed E-state index contributed by atoms with van der Waals surface area (Å²) in [7, 11) is 0. The molecule has 0 saturated carbocycles. The van der Waals surface area contributed by atoms with Gasteiger partial charge in [0.25, 0.3) is 0 Å². The van der Waals surface area contributed by atoms with Crippen molar-refractivity contribution in [1.29, 1.82) is 0 Å². The van der Waals surface area contributed by atoms with Crippen LogP contribution in [0.4, 0.5) is 0 Å². The molecule has 0 spiro atoms. The lowest BCUT2D eigenvalue weighted by Gasteiger charge is -2.14. The smallest absolute Gasteiger partial charge is 0.306 e. The van der Waals surface area contributed by atoms with Gasteiger partial charge >= 0.3 is 5.97 Å². The van der Waals surface area contributed by atoms with Crippen molar-refractivity contribution in [2.45, 2.75) is 53.9 Å². The molecule has 1 atom stereocenters. The summed E-state index contributed by atoms with van der Waals surface area (Å²) in [5.41, 5.74) is 2.47. The van der Waals surface area contributed by atoms with E-state index in [1.54, 1.807) is 0 Å². The Balaban J connectivity index is 0.00000191. The second-order valence-electron chi connectivity index (χ2n) is 4.80. The first-order chi connectivity index (χ1) is 10.2. The number of hydrogen-bond acceptors (Lipinski definition) is 2. The molecule has 0 aliphatic carbocycles. The largest absolute Gasteiger partial charge is 0.465 e. The van der Waals surface area contributed by atoms with Gasteiger partial charge in [-0.1, -0.05) is 62.8 Å². The summed E-state index contributed by atoms with van der Waals surface area (Å²) in [6.07, 6.45) is 4.32. The van der Waals surface area contributed by atoms with Crippen molar-refractivity contribution >= 4 is 5.97 Å². The Hall–Kier alpha value is -1.57. The number of benzene rings is 1. The van der Waals surface area contributed by atoms with E-state index in [-0.39, 0.29) is 5.97 Å². The summed E-state index contributed by atoms with van der Waals surface area (Å²) in [5.74, 6) is 0.221. The predicted molar refractivity (Wildman–Crippen MR) is 90.3 cm³/mol. The standard InChI is InChI=1S/C17H24O2.C2H6/c1-4-14(3)16(5-2)13-17(18)19-12-11-15-9-7-6-8-10-15;1-2/h4,6-10,16H,5,11-13H2,1-3H3;1-2H3/b14-4-;. The van der Waals surface area contributed by atoms with Gasteiger partial charge in [0.2, 0.25) is 0 Å². The predicted octanol–water partition coefficient (Wildman–Crippen LogP) is 5.18. The Kier molecular flexibility index (Phi) is 11.3. The van der Waals surface area contributed by atoms with Crippen molar-refractivity contribution in [2.75, 3.05) is 6.61 Å². The minimum absolute atomic E-state index is 0.0935. The van der Waals surface area contributed by atoms with E-state index in [1.807, 2.05) is 51.1 Å². The van der Waals surface area contributed by atoms with Gasteiger partial charge in [0.1, 0.15) is 0 Å². The fourth-order valence-electron chi connectivity index (χ4n) is 2.05. The van der Waals surface area contributed by atoms with Crippen molar-refractivity contribution in [2.24, 2.45) is 5.92 Å². The normalized spacial score (nSPS) is 12.1. The summed E-state index contributed by atoms with van der Waals surface area (Å²) in [5, 5.41) is 0. The molecule has 0 amide bonds. The van der Waals surface area contributed by atoms with Crippen LogP contribution in [0, 0.1) is 5.92 Å². The van der Waals surface area contributed by atoms with Gasteiger partial charge < -0.3 is 4.74 Å². The Morgan fingerprint density at radius 3 is 2.38 bits per heavy atom. The lowest BCUT2D eigenvalue weighted by atomic mass is 9.94. The molecule has 118 valence electrons. The van der Waals surface area contributed by atoms with Crippen LogP contribution in [0.25, 0.3) is 0 Å². The van der Waals surface area contributed by atoms with Gasteiger partial charge in [0.05, 0.1) is 13.0 Å². The molecule has 21 heavy (non-hydrogen) atoms. The van der Waals surface area contributed by atoms with Gasteiger partial charge in [-0.15, -0.1) is 0 Å². The number of esters is 1. The van der Waals surface area contributed by atoms with Crippen LogP contribution >= 0.6 is 0 Å². The SMILES string of the molecule is C/C=C(/C)C(CC)CC(=O)OCCc1ccccc1.CC. The first-order valence-corrected chi connectivity index (χ1v) is 7.99. The highest BCUT2D eigenvalue weighted by molar-refractivity contribution is 5.70. The quantitative estimate of drug-likeness (QED) is 0.511. The Bertz CT molecular complexity index is 407. The van der Waals surface area contributed by atoms with E-state index in [0.717, 1.165) is 12.8 Å². The van der Waals surface area contributed by atoms with Crippen molar-refractivity contribution in [3.8, 4) is 0 Å². The Labute approximate surface area is 130 Å². The van der Waals surface area contributed by atoms with Crippen molar-refractivity contribution in [3.63, 3.8) is 0 Å². The number of hydrogen-bond donors (Lipinski definition) is 0. The molecule has 1 aromatic rings. The fourth-order valence-corrected chi connectivity index (χ4v) is 2.05. The van der Waals surface area contributed by atoms with E-state index in [2.05, 4.69) is 19.9 Å². The number of rotatable bonds is 7. The average molecular weight is 290 g/mol. The second kappa shape index (κ2) is 12.2. The van der Waals surface area contributed by atoms with Crippen molar-refractivity contribution in [1.82, 2.24) is 0 Å². The van der Waals surface area contributed by atoms with Crippen LogP contribution in [-0.2, 0) is 16.0 Å². The summed E-state index contributed by atoms with van der Waals surface area (Å²) >= 11 is 0. The van der Waals surface area contributed by atoms with E-state index >= 15 is 0 Å². The number of allylic oxidation sites excluding steroid dienone is 2. The lowest BCUT2D eigenvalue weighted by molar-refractivity contribution is -0.144. The van der Waals surface area contributed by atoms with Crippen LogP contribution in [0.3, 0.4) is 0 Å². The molecule has 0 bridgehead atoms. The lowest BCUT2D eigenvalue weighted by Crippen LogP contribution is -2.13. The Morgan fingerprint density at radius 1 is 1.24 bits per heavy atom. The summed E-state index contributed by atoms with van der Waals surface area (Å²) < 4.78 is 5.31. The zero-order valence-corrected chi connectivity index (χ0v) is 14.2. The minimum atomic E-state index is -0.0935. The van der Waals surface area contributed by atoms with E-state index in [4.69, 9.17) is 4.74 Å². The zero-order valence-electron chi connectivity index (χ0n) is 14.2. The van der Waals surface area contributed by atoms with Crippen LogP contribution in [0.5, 0.6) is 0 Å². The number of ether oxygens (including phenoxy) is 1. The molecular weight excluding hydrogens is 260 g/mol. The molecule has 1 aromatic carbocycles. The van der Waals surface area contributed by atoms with Crippen LogP contribution in [0.2, 0.25) is 0 Å². The maximum Gasteiger partial charge on any atom is 0.306 e. The fraction of sp³-hybridized carbons (Fsp3) is 0.526. The van der Waals surface area contributed by atoms with Gasteiger partial charge in [-0.2, -0.15) is 0 Å². The first kappa shape index (κ1) is 19.4. The molecule has 1 unspecified atom stereocenters. The van der Waals surface area contributed by atoms with E-state index in [1.165, 1.54) is 11.1 Å². The summed E-state index contributed by atoms with van der Waals surface area (Å²) in [4.78, 5) is 11.8. The third kappa shape index (κ3) is 8.34. The molecule has 0 aromatic heterocycles. The van der Waals surface area contributed by atoms with Crippen LogP contribution in [0.1, 0.15) is 53.0 Å². The van der Waals surface area contributed by atoms with Gasteiger partial charge in [-0.05, 0) is 31.7 Å².